The first-order valence-electron chi connectivity index (χ1n) is 9.90. The lowest BCUT2D eigenvalue weighted by molar-refractivity contribution is 0.0929. The molecule has 2 rings (SSSR count). The summed E-state index contributed by atoms with van der Waals surface area (Å²) in [7, 11) is 0. The largest absolute Gasteiger partial charge is 0.349 e. The van der Waals surface area contributed by atoms with Crippen molar-refractivity contribution in [3.05, 3.63) is 52.3 Å². The number of halogens is 1. The van der Waals surface area contributed by atoms with Crippen molar-refractivity contribution in [3.63, 3.8) is 0 Å². The van der Waals surface area contributed by atoms with Crippen LogP contribution in [0.4, 0.5) is 0 Å². The highest BCUT2D eigenvalue weighted by Gasteiger charge is 2.22. The standard InChI is InChI=1S/C22H31ClN4OS/c1-7-27(8-2)18(15-9-11-16(12-10-15)22(3,4)5)14-24-20(28)19-17(23)13-25-21(26-19)29-6/h9-13,18H,7-8,14H2,1-6H3,(H,24,28)/t18-/m0/s1. The number of hydrogen-bond donors (Lipinski definition) is 1. The number of benzene rings is 1. The fourth-order valence-electron chi connectivity index (χ4n) is 3.21. The van der Waals surface area contributed by atoms with Gasteiger partial charge in [-0.3, -0.25) is 9.69 Å². The minimum Gasteiger partial charge on any atom is -0.349 e. The summed E-state index contributed by atoms with van der Waals surface area (Å²) in [5, 5.41) is 3.80. The van der Waals surface area contributed by atoms with Crippen molar-refractivity contribution in [1.29, 1.82) is 0 Å². The van der Waals surface area contributed by atoms with Gasteiger partial charge in [-0.05, 0) is 35.9 Å². The second-order valence-corrected chi connectivity index (χ2v) is 9.05. The molecule has 0 radical (unpaired) electrons. The number of thioether (sulfide) groups is 1. The fourth-order valence-corrected chi connectivity index (χ4v) is 3.73. The van der Waals surface area contributed by atoms with E-state index in [0.29, 0.717) is 11.7 Å². The molecule has 2 aromatic rings. The van der Waals surface area contributed by atoms with E-state index in [9.17, 15) is 4.79 Å². The van der Waals surface area contributed by atoms with Crippen molar-refractivity contribution in [1.82, 2.24) is 20.2 Å². The summed E-state index contributed by atoms with van der Waals surface area (Å²) in [6.07, 6.45) is 3.34. The molecule has 29 heavy (non-hydrogen) atoms. The SMILES string of the molecule is CCN(CC)[C@@H](CNC(=O)c1nc(SC)ncc1Cl)c1ccc(C(C)(C)C)cc1. The summed E-state index contributed by atoms with van der Waals surface area (Å²) in [5.74, 6) is -0.281. The summed E-state index contributed by atoms with van der Waals surface area (Å²) < 4.78 is 0. The van der Waals surface area contributed by atoms with E-state index in [-0.39, 0.29) is 28.1 Å². The van der Waals surface area contributed by atoms with Crippen LogP contribution in [0, 0.1) is 0 Å². The second kappa shape index (κ2) is 10.4. The Morgan fingerprint density at radius 3 is 2.34 bits per heavy atom. The zero-order chi connectivity index (χ0) is 21.6. The van der Waals surface area contributed by atoms with Gasteiger partial charge in [-0.1, -0.05) is 82.2 Å². The highest BCUT2D eigenvalue weighted by atomic mass is 35.5. The molecule has 1 heterocycles. The maximum absolute atomic E-state index is 12.7. The van der Waals surface area contributed by atoms with Crippen molar-refractivity contribution < 1.29 is 4.79 Å². The van der Waals surface area contributed by atoms with Gasteiger partial charge in [-0.15, -0.1) is 0 Å². The molecular weight excluding hydrogens is 404 g/mol. The van der Waals surface area contributed by atoms with Crippen LogP contribution in [-0.2, 0) is 5.41 Å². The molecule has 0 fully saturated rings. The Balaban J connectivity index is 2.22. The number of nitrogens with zero attached hydrogens (tertiary/aromatic N) is 3. The Hall–Kier alpha value is -1.63. The number of nitrogens with one attached hydrogen (secondary N) is 1. The van der Waals surface area contributed by atoms with E-state index in [0.717, 1.165) is 13.1 Å². The molecular formula is C22H31ClN4OS. The minimum atomic E-state index is -0.281. The number of carbonyl (C=O) groups excluding carboxylic acids is 1. The lowest BCUT2D eigenvalue weighted by atomic mass is 9.86. The van der Waals surface area contributed by atoms with Crippen molar-refractivity contribution in [3.8, 4) is 0 Å². The summed E-state index contributed by atoms with van der Waals surface area (Å²) in [5.41, 5.74) is 2.80. The van der Waals surface area contributed by atoms with Crippen LogP contribution in [0.2, 0.25) is 5.02 Å². The highest BCUT2D eigenvalue weighted by Crippen LogP contribution is 2.26. The van der Waals surface area contributed by atoms with Crippen LogP contribution in [0.1, 0.15) is 62.3 Å². The molecule has 0 bridgehead atoms. The molecule has 1 atom stereocenters. The first-order valence-corrected chi connectivity index (χ1v) is 11.5. The Labute approximate surface area is 183 Å². The predicted octanol–water partition coefficient (Wildman–Crippen LogP) is 4.96. The van der Waals surface area contributed by atoms with Crippen LogP contribution >= 0.6 is 23.4 Å². The predicted molar refractivity (Wildman–Crippen MR) is 122 cm³/mol. The maximum Gasteiger partial charge on any atom is 0.271 e. The van der Waals surface area contributed by atoms with E-state index < -0.39 is 0 Å². The number of likely N-dealkylation sites (N-methyl/N-ethyl adjacent to an activating group) is 1. The van der Waals surface area contributed by atoms with Gasteiger partial charge in [-0.2, -0.15) is 0 Å². The Morgan fingerprint density at radius 2 is 1.83 bits per heavy atom. The van der Waals surface area contributed by atoms with Crippen molar-refractivity contribution in [2.24, 2.45) is 0 Å². The molecule has 158 valence electrons. The van der Waals surface area contributed by atoms with Crippen molar-refractivity contribution in [2.45, 2.75) is 51.2 Å². The smallest absolute Gasteiger partial charge is 0.271 e. The Bertz CT molecular complexity index is 817. The molecule has 1 aromatic carbocycles. The molecule has 0 unspecified atom stereocenters. The first kappa shape index (κ1) is 23.6. The highest BCUT2D eigenvalue weighted by molar-refractivity contribution is 7.98. The number of hydrogen-bond acceptors (Lipinski definition) is 5. The van der Waals surface area contributed by atoms with Gasteiger partial charge < -0.3 is 5.32 Å². The summed E-state index contributed by atoms with van der Waals surface area (Å²) in [6, 6.07) is 8.77. The third kappa shape index (κ3) is 6.17. The Kier molecular flexibility index (Phi) is 8.49. The number of carbonyl (C=O) groups is 1. The molecule has 1 amide bonds. The van der Waals surface area contributed by atoms with Crippen LogP contribution in [0.25, 0.3) is 0 Å². The van der Waals surface area contributed by atoms with E-state index in [1.54, 1.807) is 0 Å². The van der Waals surface area contributed by atoms with Gasteiger partial charge in [0, 0.05) is 6.54 Å². The monoisotopic (exact) mass is 434 g/mol. The van der Waals surface area contributed by atoms with E-state index in [4.69, 9.17) is 11.6 Å². The number of amides is 1. The van der Waals surface area contributed by atoms with E-state index >= 15 is 0 Å². The molecule has 1 N–H and O–H groups in total. The minimum absolute atomic E-state index is 0.0728. The van der Waals surface area contributed by atoms with E-state index in [1.807, 2.05) is 6.26 Å². The fraction of sp³-hybridized carbons (Fsp3) is 0.500. The number of aromatic nitrogens is 2. The van der Waals surface area contributed by atoms with E-state index in [2.05, 4.69) is 79.1 Å². The van der Waals surface area contributed by atoms with E-state index in [1.165, 1.54) is 29.1 Å². The molecule has 0 aliphatic heterocycles. The lowest BCUT2D eigenvalue weighted by Gasteiger charge is -2.31. The summed E-state index contributed by atoms with van der Waals surface area (Å²) >= 11 is 7.53. The molecule has 1 aromatic heterocycles. The second-order valence-electron chi connectivity index (χ2n) is 7.87. The topological polar surface area (TPSA) is 58.1 Å². The van der Waals surface area contributed by atoms with Crippen LogP contribution in [0.5, 0.6) is 0 Å². The number of rotatable bonds is 8. The molecule has 5 nitrogen and oxygen atoms in total. The van der Waals surface area contributed by atoms with Crippen LogP contribution in [0.3, 0.4) is 0 Å². The average Bonchev–Trinajstić information content (AvgIpc) is 2.70. The van der Waals surface area contributed by atoms with Crippen LogP contribution in [-0.4, -0.2) is 46.7 Å². The normalized spacial score (nSPS) is 12.8. The van der Waals surface area contributed by atoms with Gasteiger partial charge in [0.25, 0.3) is 5.91 Å². The van der Waals surface area contributed by atoms with Crippen molar-refractivity contribution in [2.75, 3.05) is 25.9 Å². The van der Waals surface area contributed by atoms with Gasteiger partial charge in [0.1, 0.15) is 0 Å². The van der Waals surface area contributed by atoms with Gasteiger partial charge in [0.05, 0.1) is 17.3 Å². The molecule has 0 saturated heterocycles. The molecule has 0 aliphatic carbocycles. The lowest BCUT2D eigenvalue weighted by Crippen LogP contribution is -2.38. The molecule has 0 aliphatic rings. The quantitative estimate of drug-likeness (QED) is 0.470. The van der Waals surface area contributed by atoms with Crippen LogP contribution in [0.15, 0.2) is 35.6 Å². The molecule has 0 spiro atoms. The van der Waals surface area contributed by atoms with Crippen LogP contribution < -0.4 is 5.32 Å². The van der Waals surface area contributed by atoms with Gasteiger partial charge in [-0.25, -0.2) is 9.97 Å². The first-order chi connectivity index (χ1) is 13.7. The van der Waals surface area contributed by atoms with Gasteiger partial charge >= 0.3 is 0 Å². The Morgan fingerprint density at radius 1 is 1.21 bits per heavy atom. The third-order valence-corrected chi connectivity index (χ3v) is 5.83. The molecule has 0 saturated carbocycles. The zero-order valence-electron chi connectivity index (χ0n) is 18.1. The zero-order valence-corrected chi connectivity index (χ0v) is 19.7. The maximum atomic E-state index is 12.7. The van der Waals surface area contributed by atoms with Crippen molar-refractivity contribution >= 4 is 29.3 Å². The van der Waals surface area contributed by atoms with Gasteiger partial charge in [0.15, 0.2) is 10.9 Å². The average molecular weight is 435 g/mol. The molecule has 7 heteroatoms. The summed E-state index contributed by atoms with van der Waals surface area (Å²) in [6.45, 7) is 13.1. The van der Waals surface area contributed by atoms with Gasteiger partial charge in [0.2, 0.25) is 0 Å². The summed E-state index contributed by atoms with van der Waals surface area (Å²) in [4.78, 5) is 23.4. The third-order valence-electron chi connectivity index (χ3n) is 4.99.